The number of hydrogen-bond acceptors (Lipinski definition) is 2. The Morgan fingerprint density at radius 1 is 1.10 bits per heavy atom. The van der Waals surface area contributed by atoms with Crippen molar-refractivity contribution in [2.75, 3.05) is 11.9 Å². The zero-order valence-corrected chi connectivity index (χ0v) is 14.7. The van der Waals surface area contributed by atoms with Gasteiger partial charge in [-0.25, -0.2) is 0 Å². The van der Waals surface area contributed by atoms with Gasteiger partial charge in [0, 0.05) is 28.9 Å². The van der Waals surface area contributed by atoms with Crippen molar-refractivity contribution in [3.05, 3.63) is 57.6 Å². The van der Waals surface area contributed by atoms with Gasteiger partial charge in [-0.2, -0.15) is 0 Å². The average Bonchev–Trinajstić information content (AvgIpc) is 2.39. The van der Waals surface area contributed by atoms with Crippen molar-refractivity contribution in [1.29, 1.82) is 0 Å². The van der Waals surface area contributed by atoms with Gasteiger partial charge in [0.05, 0.1) is 0 Å². The first kappa shape index (κ1) is 16.1. The molecule has 0 heterocycles. The molecule has 112 valence electrons. The number of nitrogens with two attached hydrogens (primary N) is 1. The van der Waals surface area contributed by atoms with Gasteiger partial charge in [-0.1, -0.05) is 39.7 Å². The molecule has 0 aromatic heterocycles. The summed E-state index contributed by atoms with van der Waals surface area (Å²) in [6, 6.07) is 13.1. The zero-order chi connectivity index (χ0) is 15.6. The van der Waals surface area contributed by atoms with Gasteiger partial charge in [-0.05, 0) is 56.5 Å². The standard InChI is InChI=1S/C18H23BrN2/c1-12-5-8-17(13(2)9-12)21(4)18-11-16(19)7-6-15(18)10-14(3)20/h5-9,11,14H,10,20H2,1-4H3. The average molecular weight is 347 g/mol. The first-order valence-corrected chi connectivity index (χ1v) is 8.02. The van der Waals surface area contributed by atoms with Crippen molar-refractivity contribution >= 4 is 27.3 Å². The third-order valence-electron chi connectivity index (χ3n) is 3.66. The van der Waals surface area contributed by atoms with E-state index < -0.39 is 0 Å². The smallest absolute Gasteiger partial charge is 0.0452 e. The first-order valence-electron chi connectivity index (χ1n) is 7.23. The number of aryl methyl sites for hydroxylation is 2. The molecule has 0 bridgehead atoms. The summed E-state index contributed by atoms with van der Waals surface area (Å²) in [5.41, 5.74) is 12.3. The molecule has 1 atom stereocenters. The van der Waals surface area contributed by atoms with Crippen molar-refractivity contribution in [3.63, 3.8) is 0 Å². The minimum Gasteiger partial charge on any atom is -0.344 e. The Bertz CT molecular complexity index is 635. The highest BCUT2D eigenvalue weighted by Crippen LogP contribution is 2.32. The molecule has 0 aliphatic rings. The van der Waals surface area contributed by atoms with Crippen LogP contribution in [0.4, 0.5) is 11.4 Å². The van der Waals surface area contributed by atoms with E-state index in [2.05, 4.69) is 78.1 Å². The lowest BCUT2D eigenvalue weighted by atomic mass is 10.0. The summed E-state index contributed by atoms with van der Waals surface area (Å²) in [6.07, 6.45) is 0.873. The fraction of sp³-hybridized carbons (Fsp3) is 0.333. The highest BCUT2D eigenvalue weighted by atomic mass is 79.9. The van der Waals surface area contributed by atoms with E-state index in [4.69, 9.17) is 5.73 Å². The topological polar surface area (TPSA) is 29.3 Å². The SMILES string of the molecule is Cc1ccc(N(C)c2cc(Br)ccc2CC(C)N)c(C)c1. The molecule has 0 fully saturated rings. The largest absolute Gasteiger partial charge is 0.344 e. The summed E-state index contributed by atoms with van der Waals surface area (Å²) in [5, 5.41) is 0. The van der Waals surface area contributed by atoms with Gasteiger partial charge in [0.25, 0.3) is 0 Å². The van der Waals surface area contributed by atoms with Crippen LogP contribution in [0, 0.1) is 13.8 Å². The van der Waals surface area contributed by atoms with Gasteiger partial charge >= 0.3 is 0 Å². The van der Waals surface area contributed by atoms with Gasteiger partial charge < -0.3 is 10.6 Å². The van der Waals surface area contributed by atoms with Crippen LogP contribution < -0.4 is 10.6 Å². The summed E-state index contributed by atoms with van der Waals surface area (Å²) < 4.78 is 1.09. The molecule has 0 amide bonds. The van der Waals surface area contributed by atoms with Crippen LogP contribution in [0.1, 0.15) is 23.6 Å². The molecule has 21 heavy (non-hydrogen) atoms. The predicted molar refractivity (Wildman–Crippen MR) is 95.5 cm³/mol. The number of rotatable bonds is 4. The van der Waals surface area contributed by atoms with Crippen molar-refractivity contribution in [3.8, 4) is 0 Å². The van der Waals surface area contributed by atoms with Crippen LogP contribution >= 0.6 is 15.9 Å². The monoisotopic (exact) mass is 346 g/mol. The molecule has 2 aromatic carbocycles. The van der Waals surface area contributed by atoms with Crippen LogP contribution in [-0.2, 0) is 6.42 Å². The van der Waals surface area contributed by atoms with Crippen molar-refractivity contribution in [2.45, 2.75) is 33.2 Å². The number of anilines is 2. The van der Waals surface area contributed by atoms with Crippen molar-refractivity contribution in [2.24, 2.45) is 5.73 Å². The Morgan fingerprint density at radius 2 is 1.81 bits per heavy atom. The Hall–Kier alpha value is -1.32. The fourth-order valence-corrected chi connectivity index (χ4v) is 3.03. The fourth-order valence-electron chi connectivity index (χ4n) is 2.68. The third kappa shape index (κ3) is 3.86. The maximum Gasteiger partial charge on any atom is 0.0452 e. The lowest BCUT2D eigenvalue weighted by molar-refractivity contribution is 0.737. The quantitative estimate of drug-likeness (QED) is 0.867. The van der Waals surface area contributed by atoms with Gasteiger partial charge in [0.2, 0.25) is 0 Å². The van der Waals surface area contributed by atoms with E-state index in [-0.39, 0.29) is 6.04 Å². The highest BCUT2D eigenvalue weighted by molar-refractivity contribution is 9.10. The molecule has 0 saturated carbocycles. The third-order valence-corrected chi connectivity index (χ3v) is 4.16. The minimum absolute atomic E-state index is 0.150. The van der Waals surface area contributed by atoms with E-state index in [1.807, 2.05) is 6.92 Å². The molecule has 0 saturated heterocycles. The summed E-state index contributed by atoms with van der Waals surface area (Å²) in [4.78, 5) is 2.25. The van der Waals surface area contributed by atoms with Crippen molar-refractivity contribution in [1.82, 2.24) is 0 Å². The Kier molecular flexibility index (Phi) is 5.07. The minimum atomic E-state index is 0.150. The molecular weight excluding hydrogens is 324 g/mol. The maximum absolute atomic E-state index is 5.99. The Morgan fingerprint density at radius 3 is 2.43 bits per heavy atom. The van der Waals surface area contributed by atoms with Gasteiger partial charge in [-0.3, -0.25) is 0 Å². The van der Waals surface area contributed by atoms with Gasteiger partial charge in [0.1, 0.15) is 0 Å². The zero-order valence-electron chi connectivity index (χ0n) is 13.2. The number of halogens is 1. The molecule has 2 nitrogen and oxygen atoms in total. The summed E-state index contributed by atoms with van der Waals surface area (Å²) in [5.74, 6) is 0. The van der Waals surface area contributed by atoms with E-state index in [1.54, 1.807) is 0 Å². The molecule has 1 unspecified atom stereocenters. The highest BCUT2D eigenvalue weighted by Gasteiger charge is 2.13. The second-order valence-electron chi connectivity index (χ2n) is 5.80. The van der Waals surface area contributed by atoms with E-state index >= 15 is 0 Å². The predicted octanol–water partition coefficient (Wildman–Crippen LogP) is 4.72. The Balaban J connectivity index is 2.46. The summed E-state index contributed by atoms with van der Waals surface area (Å²) >= 11 is 3.58. The lowest BCUT2D eigenvalue weighted by Crippen LogP contribution is -2.20. The summed E-state index contributed by atoms with van der Waals surface area (Å²) in [7, 11) is 2.12. The maximum atomic E-state index is 5.99. The normalized spacial score (nSPS) is 12.3. The number of nitrogens with zero attached hydrogens (tertiary/aromatic N) is 1. The molecule has 0 spiro atoms. The molecule has 2 rings (SSSR count). The molecule has 0 aliphatic heterocycles. The molecule has 2 N–H and O–H groups in total. The van der Waals surface area contributed by atoms with E-state index in [0.717, 1.165) is 10.9 Å². The lowest BCUT2D eigenvalue weighted by Gasteiger charge is -2.25. The van der Waals surface area contributed by atoms with Crippen LogP contribution in [-0.4, -0.2) is 13.1 Å². The summed E-state index contributed by atoms with van der Waals surface area (Å²) in [6.45, 7) is 6.32. The van der Waals surface area contributed by atoms with Gasteiger partial charge in [0.15, 0.2) is 0 Å². The molecule has 0 radical (unpaired) electrons. The molecular formula is C18H23BrN2. The Labute approximate surface area is 136 Å². The van der Waals surface area contributed by atoms with E-state index in [9.17, 15) is 0 Å². The van der Waals surface area contributed by atoms with Crippen molar-refractivity contribution < 1.29 is 0 Å². The molecule has 0 aliphatic carbocycles. The van der Waals surface area contributed by atoms with Crippen LogP contribution in [0.15, 0.2) is 40.9 Å². The molecule has 3 heteroatoms. The van der Waals surface area contributed by atoms with E-state index in [1.165, 1.54) is 28.1 Å². The molecule has 2 aromatic rings. The van der Waals surface area contributed by atoms with Crippen LogP contribution in [0.3, 0.4) is 0 Å². The van der Waals surface area contributed by atoms with Crippen LogP contribution in [0.5, 0.6) is 0 Å². The van der Waals surface area contributed by atoms with Gasteiger partial charge in [-0.15, -0.1) is 0 Å². The van der Waals surface area contributed by atoms with E-state index in [0.29, 0.717) is 0 Å². The first-order chi connectivity index (χ1) is 9.88. The number of benzene rings is 2. The second-order valence-corrected chi connectivity index (χ2v) is 6.72. The number of hydrogen-bond donors (Lipinski definition) is 1. The van der Waals surface area contributed by atoms with Crippen LogP contribution in [0.25, 0.3) is 0 Å². The van der Waals surface area contributed by atoms with Crippen LogP contribution in [0.2, 0.25) is 0 Å². The second kappa shape index (κ2) is 6.63.